The summed E-state index contributed by atoms with van der Waals surface area (Å²) in [6, 6.07) is 3.27. The molecule has 26 heavy (non-hydrogen) atoms. The van der Waals surface area contributed by atoms with E-state index in [1.807, 2.05) is 6.92 Å². The molecular formula is C18H28F2N4O2. The van der Waals surface area contributed by atoms with Crippen LogP contribution < -0.4 is 15.4 Å². The van der Waals surface area contributed by atoms with E-state index in [2.05, 4.69) is 20.5 Å². The van der Waals surface area contributed by atoms with Crippen molar-refractivity contribution in [3.8, 4) is 5.75 Å². The number of benzene rings is 1. The Morgan fingerprint density at radius 1 is 1.27 bits per heavy atom. The fourth-order valence-electron chi connectivity index (χ4n) is 2.57. The van der Waals surface area contributed by atoms with Gasteiger partial charge in [-0.25, -0.2) is 8.78 Å². The van der Waals surface area contributed by atoms with Crippen molar-refractivity contribution in [2.75, 3.05) is 59.1 Å². The minimum absolute atomic E-state index is 0.0423. The Balaban J connectivity index is 1.66. The number of hydrogen-bond acceptors (Lipinski definition) is 4. The summed E-state index contributed by atoms with van der Waals surface area (Å²) in [5.74, 6) is -0.571. The maximum absolute atomic E-state index is 13.5. The first-order valence-electron chi connectivity index (χ1n) is 9.09. The molecule has 0 aliphatic carbocycles. The van der Waals surface area contributed by atoms with Crippen LogP contribution in [0.25, 0.3) is 0 Å². The molecule has 1 aromatic carbocycles. The summed E-state index contributed by atoms with van der Waals surface area (Å²) in [6.07, 6.45) is 0.980. The van der Waals surface area contributed by atoms with Gasteiger partial charge in [0.1, 0.15) is 12.4 Å². The van der Waals surface area contributed by atoms with Gasteiger partial charge in [-0.3, -0.25) is 9.89 Å². The lowest BCUT2D eigenvalue weighted by molar-refractivity contribution is 0.0377. The Bertz CT molecular complexity index is 566. The molecule has 8 heteroatoms. The molecule has 2 N–H and O–H groups in total. The molecule has 1 aromatic rings. The Morgan fingerprint density at radius 3 is 2.81 bits per heavy atom. The molecular weight excluding hydrogens is 342 g/mol. The van der Waals surface area contributed by atoms with Crippen molar-refractivity contribution in [2.24, 2.45) is 4.99 Å². The number of ether oxygens (including phenoxy) is 2. The van der Waals surface area contributed by atoms with E-state index in [-0.39, 0.29) is 12.4 Å². The number of nitrogens with one attached hydrogen (secondary N) is 2. The fraction of sp³-hybridized carbons (Fsp3) is 0.611. The van der Waals surface area contributed by atoms with Crippen molar-refractivity contribution < 1.29 is 18.3 Å². The molecule has 1 saturated heterocycles. The van der Waals surface area contributed by atoms with E-state index in [0.29, 0.717) is 12.5 Å². The molecule has 0 bridgehead atoms. The van der Waals surface area contributed by atoms with Gasteiger partial charge in [0.15, 0.2) is 17.5 Å². The van der Waals surface area contributed by atoms with Gasteiger partial charge in [-0.05, 0) is 25.5 Å². The summed E-state index contributed by atoms with van der Waals surface area (Å²) in [5, 5.41) is 6.31. The zero-order chi connectivity index (χ0) is 18.6. The monoisotopic (exact) mass is 370 g/mol. The maximum Gasteiger partial charge on any atom is 0.191 e. The normalized spacial score (nSPS) is 15.7. The average molecular weight is 370 g/mol. The highest BCUT2D eigenvalue weighted by Gasteiger charge is 2.09. The molecule has 0 unspecified atom stereocenters. The van der Waals surface area contributed by atoms with Crippen LogP contribution in [-0.4, -0.2) is 69.9 Å². The number of halogens is 2. The van der Waals surface area contributed by atoms with E-state index in [1.165, 1.54) is 12.1 Å². The van der Waals surface area contributed by atoms with Crippen molar-refractivity contribution >= 4 is 5.96 Å². The first-order chi connectivity index (χ1) is 12.7. The van der Waals surface area contributed by atoms with Gasteiger partial charge in [-0.1, -0.05) is 0 Å². The van der Waals surface area contributed by atoms with Crippen LogP contribution in [0.4, 0.5) is 8.78 Å². The number of morpholine rings is 1. The molecule has 0 spiro atoms. The summed E-state index contributed by atoms with van der Waals surface area (Å²) in [5.41, 5.74) is 0. The first-order valence-corrected chi connectivity index (χ1v) is 9.09. The van der Waals surface area contributed by atoms with Gasteiger partial charge in [0, 0.05) is 38.8 Å². The summed E-state index contributed by atoms with van der Waals surface area (Å²) in [4.78, 5) is 6.91. The maximum atomic E-state index is 13.5. The number of rotatable bonds is 9. The van der Waals surface area contributed by atoms with Crippen LogP contribution in [0.2, 0.25) is 0 Å². The summed E-state index contributed by atoms with van der Waals surface area (Å²) in [7, 11) is 0. The van der Waals surface area contributed by atoms with Crippen molar-refractivity contribution in [1.29, 1.82) is 0 Å². The van der Waals surface area contributed by atoms with Crippen molar-refractivity contribution in [2.45, 2.75) is 13.3 Å². The lowest BCUT2D eigenvalue weighted by Crippen LogP contribution is -2.40. The minimum Gasteiger partial charge on any atom is -0.489 e. The highest BCUT2D eigenvalue weighted by Crippen LogP contribution is 2.17. The lowest BCUT2D eigenvalue weighted by atomic mass is 10.3. The van der Waals surface area contributed by atoms with Crippen molar-refractivity contribution in [3.63, 3.8) is 0 Å². The van der Waals surface area contributed by atoms with E-state index in [1.54, 1.807) is 0 Å². The number of guanidine groups is 1. The lowest BCUT2D eigenvalue weighted by Gasteiger charge is -2.26. The zero-order valence-electron chi connectivity index (χ0n) is 15.3. The number of hydrogen-bond donors (Lipinski definition) is 2. The summed E-state index contributed by atoms with van der Waals surface area (Å²) >= 11 is 0. The Morgan fingerprint density at radius 2 is 2.08 bits per heavy atom. The molecule has 0 aromatic heterocycles. The molecule has 6 nitrogen and oxygen atoms in total. The van der Waals surface area contributed by atoms with Crippen LogP contribution in [0.1, 0.15) is 13.3 Å². The topological polar surface area (TPSA) is 58.1 Å². The fourth-order valence-corrected chi connectivity index (χ4v) is 2.57. The molecule has 2 rings (SSSR count). The van der Waals surface area contributed by atoms with E-state index in [0.717, 1.165) is 58.4 Å². The Kier molecular flexibility index (Phi) is 9.13. The van der Waals surface area contributed by atoms with Crippen LogP contribution >= 0.6 is 0 Å². The van der Waals surface area contributed by atoms with E-state index in [9.17, 15) is 8.78 Å². The Hall–Kier alpha value is -1.93. The quantitative estimate of drug-likeness (QED) is 0.393. The third-order valence-corrected chi connectivity index (χ3v) is 3.90. The number of nitrogens with zero attached hydrogens (tertiary/aromatic N) is 2. The molecule has 0 atom stereocenters. The van der Waals surface area contributed by atoms with Crippen LogP contribution in [-0.2, 0) is 4.74 Å². The third kappa shape index (κ3) is 7.53. The van der Waals surface area contributed by atoms with E-state index in [4.69, 9.17) is 9.47 Å². The molecule has 0 saturated carbocycles. The molecule has 1 fully saturated rings. The SMILES string of the molecule is CCNC(=NCCCN1CCOCC1)NCCOc1ccc(F)cc1F. The number of aliphatic imine (C=N–C) groups is 1. The van der Waals surface area contributed by atoms with Crippen LogP contribution in [0.3, 0.4) is 0 Å². The third-order valence-electron chi connectivity index (χ3n) is 3.90. The van der Waals surface area contributed by atoms with E-state index < -0.39 is 11.6 Å². The van der Waals surface area contributed by atoms with Crippen molar-refractivity contribution in [1.82, 2.24) is 15.5 Å². The van der Waals surface area contributed by atoms with Crippen molar-refractivity contribution in [3.05, 3.63) is 29.8 Å². The smallest absolute Gasteiger partial charge is 0.191 e. The summed E-state index contributed by atoms with van der Waals surface area (Å²) in [6.45, 7) is 8.78. The van der Waals surface area contributed by atoms with Gasteiger partial charge in [0.05, 0.1) is 19.8 Å². The summed E-state index contributed by atoms with van der Waals surface area (Å²) < 4.78 is 37.0. The molecule has 0 radical (unpaired) electrons. The average Bonchev–Trinajstić information content (AvgIpc) is 2.64. The predicted molar refractivity (Wildman–Crippen MR) is 97.7 cm³/mol. The molecule has 0 amide bonds. The van der Waals surface area contributed by atoms with Gasteiger partial charge in [0.25, 0.3) is 0 Å². The largest absolute Gasteiger partial charge is 0.489 e. The second-order valence-corrected chi connectivity index (χ2v) is 5.92. The molecule has 146 valence electrons. The van der Waals surface area contributed by atoms with Gasteiger partial charge in [0.2, 0.25) is 0 Å². The molecule has 1 aliphatic rings. The van der Waals surface area contributed by atoms with Crippen LogP contribution in [0.15, 0.2) is 23.2 Å². The van der Waals surface area contributed by atoms with Gasteiger partial charge < -0.3 is 20.1 Å². The second kappa shape index (κ2) is 11.6. The van der Waals surface area contributed by atoms with Gasteiger partial charge in [-0.15, -0.1) is 0 Å². The highest BCUT2D eigenvalue weighted by molar-refractivity contribution is 5.79. The van der Waals surface area contributed by atoms with Gasteiger partial charge in [-0.2, -0.15) is 0 Å². The highest BCUT2D eigenvalue weighted by atomic mass is 19.1. The predicted octanol–water partition coefficient (Wildman–Crippen LogP) is 1.62. The second-order valence-electron chi connectivity index (χ2n) is 5.92. The van der Waals surface area contributed by atoms with E-state index >= 15 is 0 Å². The first kappa shape index (κ1) is 20.4. The standard InChI is InChI=1S/C18H28F2N4O2/c1-2-21-18(22-6-3-8-24-9-12-25-13-10-24)23-7-11-26-17-5-4-15(19)14-16(17)20/h4-5,14H,2-3,6-13H2,1H3,(H2,21,22,23). The van der Waals surface area contributed by atoms with Gasteiger partial charge >= 0.3 is 0 Å². The Labute approximate surface area is 153 Å². The molecule has 1 heterocycles. The zero-order valence-corrected chi connectivity index (χ0v) is 15.3. The molecule has 1 aliphatic heterocycles. The minimum atomic E-state index is -0.700. The van der Waals surface area contributed by atoms with Crippen LogP contribution in [0, 0.1) is 11.6 Å². The van der Waals surface area contributed by atoms with Crippen LogP contribution in [0.5, 0.6) is 5.75 Å².